The summed E-state index contributed by atoms with van der Waals surface area (Å²) in [5, 5.41) is 9.50. The zero-order valence-electron chi connectivity index (χ0n) is 7.80. The highest BCUT2D eigenvalue weighted by molar-refractivity contribution is 6.34. The Hall–Kier alpha value is -1.35. The van der Waals surface area contributed by atoms with Crippen molar-refractivity contribution in [3.05, 3.63) is 28.3 Å². The largest absolute Gasteiger partial charge is 0.507 e. The van der Waals surface area contributed by atoms with E-state index in [0.29, 0.717) is 0 Å². The van der Waals surface area contributed by atoms with E-state index in [1.807, 2.05) is 0 Å². The van der Waals surface area contributed by atoms with Crippen LogP contribution < -0.4 is 0 Å². The van der Waals surface area contributed by atoms with Gasteiger partial charge in [-0.2, -0.15) is 0 Å². The number of aromatic hydroxyl groups is 1. The Morgan fingerprint density at radius 1 is 1.14 bits per heavy atom. The Kier molecular flexibility index (Phi) is 2.91. The van der Waals surface area contributed by atoms with E-state index in [4.69, 9.17) is 11.6 Å². The minimum atomic E-state index is -0.304. The van der Waals surface area contributed by atoms with Crippen molar-refractivity contribution < 1.29 is 14.7 Å². The number of phenols is 1. The first-order valence-electron chi connectivity index (χ1n) is 3.98. The normalized spacial score (nSPS) is 9.93. The summed E-state index contributed by atoms with van der Waals surface area (Å²) < 4.78 is 0. The van der Waals surface area contributed by atoms with E-state index in [1.54, 1.807) is 0 Å². The van der Waals surface area contributed by atoms with Crippen LogP contribution in [0.15, 0.2) is 12.1 Å². The van der Waals surface area contributed by atoms with Crippen molar-refractivity contribution >= 4 is 23.2 Å². The number of hydrogen-bond donors (Lipinski definition) is 1. The summed E-state index contributed by atoms with van der Waals surface area (Å²) in [6.45, 7) is 2.66. The van der Waals surface area contributed by atoms with Crippen LogP contribution in [0.1, 0.15) is 34.6 Å². The zero-order valence-corrected chi connectivity index (χ0v) is 8.55. The average molecular weight is 213 g/mol. The lowest BCUT2D eigenvalue weighted by Gasteiger charge is -2.05. The SMILES string of the molecule is CC(=O)c1cc(C(C)=O)c(Cl)cc1O. The van der Waals surface area contributed by atoms with Crippen molar-refractivity contribution in [2.24, 2.45) is 0 Å². The topological polar surface area (TPSA) is 54.4 Å². The fourth-order valence-corrected chi connectivity index (χ4v) is 1.41. The highest BCUT2D eigenvalue weighted by atomic mass is 35.5. The molecule has 0 saturated heterocycles. The molecule has 0 aromatic heterocycles. The molecule has 0 saturated carbocycles. The highest BCUT2D eigenvalue weighted by Crippen LogP contribution is 2.26. The molecule has 0 bridgehead atoms. The van der Waals surface area contributed by atoms with Gasteiger partial charge in [-0.3, -0.25) is 9.59 Å². The molecular weight excluding hydrogens is 204 g/mol. The van der Waals surface area contributed by atoms with Crippen LogP contribution >= 0.6 is 11.6 Å². The van der Waals surface area contributed by atoms with Crippen molar-refractivity contribution in [2.45, 2.75) is 13.8 Å². The lowest BCUT2D eigenvalue weighted by Crippen LogP contribution is -1.99. The van der Waals surface area contributed by atoms with Gasteiger partial charge in [-0.25, -0.2) is 0 Å². The lowest BCUT2D eigenvalue weighted by atomic mass is 10.0. The molecule has 74 valence electrons. The van der Waals surface area contributed by atoms with Gasteiger partial charge in [0.05, 0.1) is 10.6 Å². The quantitative estimate of drug-likeness (QED) is 0.767. The molecule has 0 aliphatic rings. The van der Waals surface area contributed by atoms with Gasteiger partial charge in [0.25, 0.3) is 0 Å². The zero-order chi connectivity index (χ0) is 10.9. The van der Waals surface area contributed by atoms with Gasteiger partial charge < -0.3 is 5.11 Å². The number of Topliss-reactive ketones (excluding diaryl/α,β-unsaturated/α-hetero) is 2. The number of rotatable bonds is 2. The summed E-state index contributed by atoms with van der Waals surface area (Å²) in [4.78, 5) is 22.1. The number of hydrogen-bond acceptors (Lipinski definition) is 3. The molecule has 0 heterocycles. The first-order valence-corrected chi connectivity index (χ1v) is 4.35. The maximum Gasteiger partial charge on any atom is 0.163 e. The van der Waals surface area contributed by atoms with Gasteiger partial charge in [-0.1, -0.05) is 11.6 Å². The predicted molar refractivity (Wildman–Crippen MR) is 53.1 cm³/mol. The minimum absolute atomic E-state index is 0.111. The van der Waals surface area contributed by atoms with E-state index in [-0.39, 0.29) is 33.5 Å². The Labute approximate surface area is 86.3 Å². The second kappa shape index (κ2) is 3.80. The Morgan fingerprint density at radius 3 is 2.07 bits per heavy atom. The minimum Gasteiger partial charge on any atom is -0.507 e. The molecule has 1 aromatic rings. The fourth-order valence-electron chi connectivity index (χ4n) is 1.11. The average Bonchev–Trinajstić information content (AvgIpc) is 2.02. The Morgan fingerprint density at radius 2 is 1.64 bits per heavy atom. The number of phenolic OH excluding ortho intramolecular Hbond substituents is 1. The third-order valence-corrected chi connectivity index (χ3v) is 2.16. The monoisotopic (exact) mass is 212 g/mol. The van der Waals surface area contributed by atoms with Crippen molar-refractivity contribution in [1.29, 1.82) is 0 Å². The standard InChI is InChI=1S/C10H9ClO3/c1-5(12)7-3-8(6(2)13)10(14)4-9(7)11/h3-4,14H,1-2H3. The molecule has 0 spiro atoms. The van der Waals surface area contributed by atoms with Gasteiger partial charge >= 0.3 is 0 Å². The van der Waals surface area contributed by atoms with E-state index in [2.05, 4.69) is 0 Å². The predicted octanol–water partition coefficient (Wildman–Crippen LogP) is 2.45. The number of carbonyl (C=O) groups excluding carboxylic acids is 2. The maximum atomic E-state index is 11.1. The number of ketones is 2. The van der Waals surface area contributed by atoms with Crippen LogP contribution in [-0.4, -0.2) is 16.7 Å². The molecule has 0 aliphatic heterocycles. The molecular formula is C10H9ClO3. The molecule has 0 aliphatic carbocycles. The van der Waals surface area contributed by atoms with E-state index < -0.39 is 0 Å². The van der Waals surface area contributed by atoms with Crippen molar-refractivity contribution in [1.82, 2.24) is 0 Å². The van der Waals surface area contributed by atoms with Crippen molar-refractivity contribution in [2.75, 3.05) is 0 Å². The molecule has 1 aromatic carbocycles. The second-order valence-corrected chi connectivity index (χ2v) is 3.37. The summed E-state index contributed by atoms with van der Waals surface area (Å²) in [5.41, 5.74) is 0.356. The van der Waals surface area contributed by atoms with Gasteiger partial charge in [0.1, 0.15) is 5.75 Å². The lowest BCUT2D eigenvalue weighted by molar-refractivity contribution is 0.101. The second-order valence-electron chi connectivity index (χ2n) is 2.96. The van der Waals surface area contributed by atoms with E-state index in [0.717, 1.165) is 0 Å². The molecule has 0 atom stereocenters. The molecule has 4 heteroatoms. The summed E-state index contributed by atoms with van der Waals surface area (Å²) in [7, 11) is 0. The Balaban J connectivity index is 3.42. The van der Waals surface area contributed by atoms with Crippen LogP contribution in [0.25, 0.3) is 0 Å². The van der Waals surface area contributed by atoms with Crippen LogP contribution in [0.2, 0.25) is 5.02 Å². The third-order valence-electron chi connectivity index (χ3n) is 1.84. The summed E-state index contributed by atoms with van der Waals surface area (Å²) in [5.74, 6) is -0.744. The van der Waals surface area contributed by atoms with Crippen LogP contribution in [0.4, 0.5) is 0 Å². The molecule has 3 nitrogen and oxygen atoms in total. The van der Waals surface area contributed by atoms with Gasteiger partial charge in [0.15, 0.2) is 11.6 Å². The molecule has 1 N–H and O–H groups in total. The van der Waals surface area contributed by atoms with Crippen molar-refractivity contribution in [3.8, 4) is 5.75 Å². The highest BCUT2D eigenvalue weighted by Gasteiger charge is 2.13. The summed E-state index contributed by atoms with van der Waals surface area (Å²) >= 11 is 5.71. The molecule has 0 amide bonds. The van der Waals surface area contributed by atoms with Crippen LogP contribution in [0, 0.1) is 0 Å². The smallest absolute Gasteiger partial charge is 0.163 e. The van der Waals surface area contributed by atoms with Crippen molar-refractivity contribution in [3.63, 3.8) is 0 Å². The summed E-state index contributed by atoms with van der Waals surface area (Å²) in [6.07, 6.45) is 0. The van der Waals surface area contributed by atoms with Crippen LogP contribution in [0.5, 0.6) is 5.75 Å². The molecule has 0 radical (unpaired) electrons. The van der Waals surface area contributed by atoms with Gasteiger partial charge in [0, 0.05) is 5.56 Å². The first-order chi connectivity index (χ1) is 6.43. The molecule has 0 fully saturated rings. The third kappa shape index (κ3) is 1.93. The van der Waals surface area contributed by atoms with Gasteiger partial charge in [0.2, 0.25) is 0 Å². The van der Waals surface area contributed by atoms with Crippen LogP contribution in [0.3, 0.4) is 0 Å². The fraction of sp³-hybridized carbons (Fsp3) is 0.200. The molecule has 1 rings (SSSR count). The van der Waals surface area contributed by atoms with E-state index >= 15 is 0 Å². The Bertz CT molecular complexity index is 375. The van der Waals surface area contributed by atoms with Gasteiger partial charge in [-0.05, 0) is 26.0 Å². The van der Waals surface area contributed by atoms with E-state index in [1.165, 1.54) is 26.0 Å². The van der Waals surface area contributed by atoms with Gasteiger partial charge in [-0.15, -0.1) is 0 Å². The van der Waals surface area contributed by atoms with Crippen LogP contribution in [-0.2, 0) is 0 Å². The first kappa shape index (κ1) is 10.7. The number of halogens is 1. The number of carbonyl (C=O) groups is 2. The maximum absolute atomic E-state index is 11.1. The summed E-state index contributed by atoms with van der Waals surface area (Å²) in [6, 6.07) is 2.51. The molecule has 0 unspecified atom stereocenters. The van der Waals surface area contributed by atoms with E-state index in [9.17, 15) is 14.7 Å². The number of benzene rings is 1. The molecule has 14 heavy (non-hydrogen) atoms.